The number of rotatable bonds is 4. The third kappa shape index (κ3) is 2.66. The van der Waals surface area contributed by atoms with Crippen LogP contribution in [0.1, 0.15) is 24.8 Å². The molecule has 5 heteroatoms. The normalized spacial score (nSPS) is 16.7. The summed E-state index contributed by atoms with van der Waals surface area (Å²) in [6.45, 7) is 0. The highest BCUT2D eigenvalue weighted by atomic mass is 127. The summed E-state index contributed by atoms with van der Waals surface area (Å²) in [5, 5.41) is 11.8. The number of hydrogen-bond donors (Lipinski definition) is 2. The molecule has 2 rings (SSSR count). The molecule has 2 N–H and O–H groups in total. The molecule has 1 amide bonds. The second kappa shape index (κ2) is 5.26. The molecule has 1 saturated carbocycles. The van der Waals surface area contributed by atoms with Gasteiger partial charge in [0.1, 0.15) is 5.54 Å². The first-order chi connectivity index (χ1) is 8.53. The molecule has 1 aliphatic carbocycles. The fraction of sp³-hybridized carbons (Fsp3) is 0.385. The van der Waals surface area contributed by atoms with E-state index in [0.29, 0.717) is 12.8 Å². The van der Waals surface area contributed by atoms with Crippen molar-refractivity contribution in [3.05, 3.63) is 33.4 Å². The van der Waals surface area contributed by atoms with Gasteiger partial charge < -0.3 is 10.4 Å². The van der Waals surface area contributed by atoms with Crippen molar-refractivity contribution in [1.82, 2.24) is 5.32 Å². The third-order valence-electron chi connectivity index (χ3n) is 3.30. The van der Waals surface area contributed by atoms with Gasteiger partial charge in [-0.3, -0.25) is 4.79 Å². The Labute approximate surface area is 119 Å². The lowest BCUT2D eigenvalue weighted by Gasteiger charge is -2.38. The summed E-state index contributed by atoms with van der Waals surface area (Å²) in [5.41, 5.74) is -0.0902. The van der Waals surface area contributed by atoms with Crippen molar-refractivity contribution in [1.29, 1.82) is 0 Å². The Morgan fingerprint density at radius 2 is 2.00 bits per heavy atom. The first-order valence-corrected chi connectivity index (χ1v) is 6.89. The minimum Gasteiger partial charge on any atom is -0.480 e. The summed E-state index contributed by atoms with van der Waals surface area (Å²) in [6.07, 6.45) is 2.14. The Bertz CT molecular complexity index is 483. The first kappa shape index (κ1) is 13.3. The van der Waals surface area contributed by atoms with Gasteiger partial charge in [-0.25, -0.2) is 4.79 Å². The van der Waals surface area contributed by atoms with Crippen molar-refractivity contribution >= 4 is 34.5 Å². The van der Waals surface area contributed by atoms with E-state index in [1.807, 2.05) is 24.3 Å². The van der Waals surface area contributed by atoms with Gasteiger partial charge >= 0.3 is 5.97 Å². The topological polar surface area (TPSA) is 66.4 Å². The predicted molar refractivity (Wildman–Crippen MR) is 75.2 cm³/mol. The number of carbonyl (C=O) groups is 2. The van der Waals surface area contributed by atoms with E-state index in [1.165, 1.54) is 0 Å². The average Bonchev–Trinajstić information content (AvgIpc) is 2.26. The van der Waals surface area contributed by atoms with Crippen molar-refractivity contribution in [2.45, 2.75) is 31.2 Å². The van der Waals surface area contributed by atoms with Gasteiger partial charge in [0.05, 0.1) is 6.42 Å². The monoisotopic (exact) mass is 359 g/mol. The number of benzene rings is 1. The largest absolute Gasteiger partial charge is 0.480 e. The van der Waals surface area contributed by atoms with Gasteiger partial charge in [-0.15, -0.1) is 0 Å². The summed E-state index contributed by atoms with van der Waals surface area (Å²) < 4.78 is 1.02. The molecule has 0 spiro atoms. The van der Waals surface area contributed by atoms with Crippen LogP contribution in [-0.2, 0) is 16.0 Å². The van der Waals surface area contributed by atoms with Gasteiger partial charge in [0.2, 0.25) is 5.91 Å². The van der Waals surface area contributed by atoms with Crippen LogP contribution in [0, 0.1) is 3.57 Å². The second-order valence-electron chi connectivity index (χ2n) is 4.56. The molecule has 0 unspecified atom stereocenters. The van der Waals surface area contributed by atoms with E-state index < -0.39 is 11.5 Å². The quantitative estimate of drug-likeness (QED) is 0.808. The SMILES string of the molecule is O=C(Cc1ccccc1I)NC1(C(=O)O)CCC1. The number of carboxylic acids is 1. The molecule has 96 valence electrons. The van der Waals surface area contributed by atoms with Crippen molar-refractivity contribution in [2.75, 3.05) is 0 Å². The van der Waals surface area contributed by atoms with E-state index in [0.717, 1.165) is 15.6 Å². The van der Waals surface area contributed by atoms with Gasteiger partial charge in [-0.2, -0.15) is 0 Å². The Hall–Kier alpha value is -1.11. The molecule has 0 bridgehead atoms. The highest BCUT2D eigenvalue weighted by Crippen LogP contribution is 2.32. The van der Waals surface area contributed by atoms with E-state index in [2.05, 4.69) is 27.9 Å². The molecular formula is C13H14INO3. The van der Waals surface area contributed by atoms with Crippen LogP contribution in [0.2, 0.25) is 0 Å². The molecular weight excluding hydrogens is 345 g/mol. The predicted octanol–water partition coefficient (Wildman–Crippen LogP) is 1.96. The zero-order valence-electron chi connectivity index (χ0n) is 9.78. The second-order valence-corrected chi connectivity index (χ2v) is 5.72. The molecule has 0 saturated heterocycles. The van der Waals surface area contributed by atoms with Gasteiger partial charge in [0.25, 0.3) is 0 Å². The van der Waals surface area contributed by atoms with Crippen LogP contribution in [0.5, 0.6) is 0 Å². The van der Waals surface area contributed by atoms with Gasteiger partial charge in [0, 0.05) is 3.57 Å². The molecule has 1 aromatic rings. The lowest BCUT2D eigenvalue weighted by atomic mass is 9.76. The van der Waals surface area contributed by atoms with Crippen LogP contribution in [0.25, 0.3) is 0 Å². The van der Waals surface area contributed by atoms with E-state index in [1.54, 1.807) is 0 Å². The zero-order chi connectivity index (χ0) is 13.2. The van der Waals surface area contributed by atoms with Crippen molar-refractivity contribution in [2.24, 2.45) is 0 Å². The number of nitrogens with one attached hydrogen (secondary N) is 1. The van der Waals surface area contributed by atoms with Crippen LogP contribution in [0.4, 0.5) is 0 Å². The summed E-state index contributed by atoms with van der Waals surface area (Å²) >= 11 is 2.17. The maximum Gasteiger partial charge on any atom is 0.329 e. The smallest absolute Gasteiger partial charge is 0.329 e. The lowest BCUT2D eigenvalue weighted by molar-refractivity contribution is -0.151. The molecule has 0 aromatic heterocycles. The Morgan fingerprint density at radius 3 is 2.50 bits per heavy atom. The van der Waals surface area contributed by atoms with Crippen molar-refractivity contribution < 1.29 is 14.7 Å². The number of hydrogen-bond acceptors (Lipinski definition) is 2. The molecule has 1 fully saturated rings. The number of carbonyl (C=O) groups excluding carboxylic acids is 1. The average molecular weight is 359 g/mol. The number of halogens is 1. The number of aliphatic carboxylic acids is 1. The highest BCUT2D eigenvalue weighted by molar-refractivity contribution is 14.1. The highest BCUT2D eigenvalue weighted by Gasteiger charge is 2.45. The van der Waals surface area contributed by atoms with Crippen LogP contribution in [0.3, 0.4) is 0 Å². The van der Waals surface area contributed by atoms with E-state index in [4.69, 9.17) is 5.11 Å². The Morgan fingerprint density at radius 1 is 1.33 bits per heavy atom. The molecule has 0 heterocycles. The summed E-state index contributed by atoms with van der Waals surface area (Å²) in [7, 11) is 0. The zero-order valence-corrected chi connectivity index (χ0v) is 11.9. The summed E-state index contributed by atoms with van der Waals surface area (Å²) in [6, 6.07) is 7.60. The molecule has 0 atom stereocenters. The lowest BCUT2D eigenvalue weighted by Crippen LogP contribution is -2.59. The molecule has 1 aliphatic rings. The Kier molecular flexibility index (Phi) is 3.89. The van der Waals surface area contributed by atoms with Gasteiger partial charge in [0.15, 0.2) is 0 Å². The standard InChI is InChI=1S/C13H14INO3/c14-10-5-2-1-4-9(10)8-11(16)15-13(12(17)18)6-3-7-13/h1-2,4-5H,3,6-8H2,(H,15,16)(H,17,18). The fourth-order valence-electron chi connectivity index (χ4n) is 2.05. The summed E-state index contributed by atoms with van der Waals surface area (Å²) in [4.78, 5) is 23.0. The molecule has 0 radical (unpaired) electrons. The number of carboxylic acid groups (broad SMARTS) is 1. The molecule has 1 aromatic carbocycles. The van der Waals surface area contributed by atoms with Crippen LogP contribution < -0.4 is 5.32 Å². The third-order valence-corrected chi connectivity index (χ3v) is 4.36. The van der Waals surface area contributed by atoms with Crippen molar-refractivity contribution in [3.8, 4) is 0 Å². The molecule has 0 aliphatic heterocycles. The summed E-state index contributed by atoms with van der Waals surface area (Å²) in [5.74, 6) is -1.15. The molecule has 4 nitrogen and oxygen atoms in total. The first-order valence-electron chi connectivity index (χ1n) is 5.81. The number of amides is 1. The molecule has 18 heavy (non-hydrogen) atoms. The minimum absolute atomic E-state index is 0.221. The maximum atomic E-state index is 11.9. The van der Waals surface area contributed by atoms with Crippen molar-refractivity contribution in [3.63, 3.8) is 0 Å². The fourth-order valence-corrected chi connectivity index (χ4v) is 2.63. The van der Waals surface area contributed by atoms with Crippen LogP contribution >= 0.6 is 22.6 Å². The van der Waals surface area contributed by atoms with E-state index in [9.17, 15) is 9.59 Å². The Balaban J connectivity index is 2.01. The van der Waals surface area contributed by atoms with Gasteiger partial charge in [-0.1, -0.05) is 18.2 Å². The van der Waals surface area contributed by atoms with Crippen LogP contribution in [0.15, 0.2) is 24.3 Å². The minimum atomic E-state index is -1.02. The van der Waals surface area contributed by atoms with Crippen LogP contribution in [-0.4, -0.2) is 22.5 Å². The van der Waals surface area contributed by atoms with Gasteiger partial charge in [-0.05, 0) is 53.5 Å². The maximum absolute atomic E-state index is 11.9. The van der Waals surface area contributed by atoms with E-state index >= 15 is 0 Å². The van der Waals surface area contributed by atoms with E-state index in [-0.39, 0.29) is 12.3 Å².